The Bertz CT molecular complexity index is 1000. The summed E-state index contributed by atoms with van der Waals surface area (Å²) in [7, 11) is -3.07. The standard InChI is InChI=1S/C19H17N2O4PS/c20-16-8-7-14(18-5-2-10-27-18)12-17(16)21-19(22)9-6-13-3-1-4-15(11-13)25-26(23)24/h1-12,26H,20H2,(H,21,22)(H,23,24). The van der Waals surface area contributed by atoms with Crippen molar-refractivity contribution in [1.82, 2.24) is 0 Å². The maximum atomic E-state index is 12.2. The molecular formula is C19H17N2O4PS. The van der Waals surface area contributed by atoms with Crippen molar-refractivity contribution >= 4 is 42.9 Å². The van der Waals surface area contributed by atoms with Gasteiger partial charge in [-0.2, -0.15) is 0 Å². The Morgan fingerprint density at radius 3 is 2.78 bits per heavy atom. The van der Waals surface area contributed by atoms with Gasteiger partial charge in [0, 0.05) is 11.0 Å². The highest BCUT2D eigenvalue weighted by Crippen LogP contribution is 2.30. The summed E-state index contributed by atoms with van der Waals surface area (Å²) in [5, 5.41) is 4.75. The lowest BCUT2D eigenvalue weighted by Crippen LogP contribution is -2.09. The van der Waals surface area contributed by atoms with Crippen LogP contribution in [0.2, 0.25) is 0 Å². The first-order valence-corrected chi connectivity index (χ1v) is 10.1. The van der Waals surface area contributed by atoms with E-state index in [1.165, 1.54) is 6.08 Å². The fourth-order valence-corrected chi connectivity index (χ4v) is 3.44. The van der Waals surface area contributed by atoms with E-state index in [1.54, 1.807) is 47.7 Å². The average molecular weight is 400 g/mol. The zero-order valence-electron chi connectivity index (χ0n) is 14.1. The lowest BCUT2D eigenvalue weighted by molar-refractivity contribution is -0.111. The van der Waals surface area contributed by atoms with Crippen molar-refractivity contribution in [2.75, 3.05) is 11.1 Å². The number of anilines is 2. The van der Waals surface area contributed by atoms with E-state index in [1.807, 2.05) is 29.6 Å². The van der Waals surface area contributed by atoms with Gasteiger partial charge in [0.2, 0.25) is 5.91 Å². The number of hydrogen-bond acceptors (Lipinski definition) is 5. The third kappa shape index (κ3) is 5.31. The normalized spacial score (nSPS) is 12.0. The molecular weight excluding hydrogens is 383 g/mol. The van der Waals surface area contributed by atoms with Gasteiger partial charge in [-0.1, -0.05) is 24.3 Å². The van der Waals surface area contributed by atoms with Gasteiger partial charge in [0.05, 0.1) is 11.4 Å². The number of amides is 1. The number of hydrogen-bond donors (Lipinski definition) is 3. The molecule has 0 radical (unpaired) electrons. The van der Waals surface area contributed by atoms with Crippen LogP contribution in [-0.4, -0.2) is 10.8 Å². The van der Waals surface area contributed by atoms with Gasteiger partial charge in [0.25, 0.3) is 0 Å². The first-order valence-electron chi connectivity index (χ1n) is 7.94. The van der Waals surface area contributed by atoms with E-state index in [0.29, 0.717) is 16.9 Å². The van der Waals surface area contributed by atoms with Gasteiger partial charge in [-0.15, -0.1) is 11.3 Å². The summed E-state index contributed by atoms with van der Waals surface area (Å²) in [6.45, 7) is 0. The summed E-state index contributed by atoms with van der Waals surface area (Å²) in [6.07, 6.45) is 2.94. The summed E-state index contributed by atoms with van der Waals surface area (Å²) < 4.78 is 15.5. The molecule has 1 amide bonds. The van der Waals surface area contributed by atoms with Gasteiger partial charge in [0.15, 0.2) is 0 Å². The molecule has 3 aromatic rings. The molecule has 8 heteroatoms. The van der Waals surface area contributed by atoms with Crippen LogP contribution in [0.1, 0.15) is 5.56 Å². The monoisotopic (exact) mass is 400 g/mol. The first kappa shape index (κ1) is 18.9. The molecule has 138 valence electrons. The van der Waals surface area contributed by atoms with Crippen LogP contribution in [0.25, 0.3) is 16.5 Å². The molecule has 4 N–H and O–H groups in total. The number of nitrogen functional groups attached to an aromatic ring is 1. The minimum atomic E-state index is -3.07. The number of thiophene rings is 1. The summed E-state index contributed by atoms with van der Waals surface area (Å²) in [4.78, 5) is 22.1. The molecule has 0 aliphatic heterocycles. The highest BCUT2D eigenvalue weighted by atomic mass is 32.1. The van der Waals surface area contributed by atoms with Gasteiger partial charge in [-0.3, -0.25) is 4.79 Å². The third-order valence-electron chi connectivity index (χ3n) is 3.61. The summed E-state index contributed by atoms with van der Waals surface area (Å²) >= 11 is 1.61. The van der Waals surface area contributed by atoms with Crippen molar-refractivity contribution in [3.05, 3.63) is 71.6 Å². The SMILES string of the molecule is Nc1ccc(-c2cccs2)cc1NC(=O)C=Cc1cccc(O[PH](=O)O)c1. The molecule has 6 nitrogen and oxygen atoms in total. The van der Waals surface area contributed by atoms with Crippen molar-refractivity contribution in [2.45, 2.75) is 0 Å². The smallest absolute Gasteiger partial charge is 0.365 e. The van der Waals surface area contributed by atoms with Crippen molar-refractivity contribution in [3.63, 3.8) is 0 Å². The van der Waals surface area contributed by atoms with Gasteiger partial charge in [-0.05, 0) is 52.9 Å². The van der Waals surface area contributed by atoms with Crippen LogP contribution in [-0.2, 0) is 9.36 Å². The topological polar surface area (TPSA) is 102 Å². The Morgan fingerprint density at radius 1 is 1.19 bits per heavy atom. The second kappa shape index (κ2) is 8.68. The quantitative estimate of drug-likeness (QED) is 0.323. The van der Waals surface area contributed by atoms with E-state index in [4.69, 9.17) is 15.2 Å². The van der Waals surface area contributed by atoms with Crippen molar-refractivity contribution in [3.8, 4) is 16.2 Å². The number of nitrogens with one attached hydrogen (secondary N) is 1. The Kier molecular flexibility index (Phi) is 6.08. The van der Waals surface area contributed by atoms with Crippen molar-refractivity contribution in [1.29, 1.82) is 0 Å². The molecule has 0 fully saturated rings. The van der Waals surface area contributed by atoms with E-state index in [2.05, 4.69) is 5.32 Å². The molecule has 1 heterocycles. The molecule has 0 aliphatic rings. The number of carbonyl (C=O) groups excluding carboxylic acids is 1. The Morgan fingerprint density at radius 2 is 2.04 bits per heavy atom. The van der Waals surface area contributed by atoms with E-state index in [9.17, 15) is 9.36 Å². The van der Waals surface area contributed by atoms with E-state index >= 15 is 0 Å². The molecule has 1 unspecified atom stereocenters. The van der Waals surface area contributed by atoms with Gasteiger partial charge in [0.1, 0.15) is 5.75 Å². The average Bonchev–Trinajstić information content (AvgIpc) is 3.16. The lowest BCUT2D eigenvalue weighted by Gasteiger charge is -2.08. The van der Waals surface area contributed by atoms with Gasteiger partial charge in [-0.25, -0.2) is 4.57 Å². The first-order chi connectivity index (χ1) is 13.0. The fraction of sp³-hybridized carbons (Fsp3) is 0. The maximum absolute atomic E-state index is 12.2. The van der Waals surface area contributed by atoms with E-state index in [-0.39, 0.29) is 11.7 Å². The number of rotatable bonds is 6. The zero-order valence-corrected chi connectivity index (χ0v) is 15.9. The highest BCUT2D eigenvalue weighted by molar-refractivity contribution is 7.32. The molecule has 0 aliphatic carbocycles. The second-order valence-electron chi connectivity index (χ2n) is 5.54. The molecule has 0 saturated heterocycles. The Hall–Kier alpha value is -2.86. The second-order valence-corrected chi connectivity index (χ2v) is 7.23. The largest absolute Gasteiger partial charge is 0.426 e. The predicted octanol–water partition coefficient (Wildman–Crippen LogP) is 4.41. The van der Waals surface area contributed by atoms with Crippen LogP contribution >= 0.6 is 19.6 Å². The minimum Gasteiger partial charge on any atom is -0.426 e. The Labute approximate surface area is 160 Å². The Balaban J connectivity index is 1.71. The van der Waals surface area contributed by atoms with Crippen LogP contribution in [0.15, 0.2) is 66.1 Å². The van der Waals surface area contributed by atoms with Crippen LogP contribution in [0.4, 0.5) is 11.4 Å². The van der Waals surface area contributed by atoms with Crippen molar-refractivity contribution < 1.29 is 18.8 Å². The molecule has 27 heavy (non-hydrogen) atoms. The highest BCUT2D eigenvalue weighted by Gasteiger charge is 2.06. The van der Waals surface area contributed by atoms with E-state index < -0.39 is 8.25 Å². The zero-order chi connectivity index (χ0) is 19.2. The fourth-order valence-electron chi connectivity index (χ4n) is 2.39. The molecule has 0 bridgehead atoms. The molecule has 0 saturated carbocycles. The van der Waals surface area contributed by atoms with E-state index in [0.717, 1.165) is 10.4 Å². The van der Waals surface area contributed by atoms with Crippen LogP contribution in [0, 0.1) is 0 Å². The summed E-state index contributed by atoms with van der Waals surface area (Å²) in [6, 6.07) is 16.0. The number of nitrogens with two attached hydrogens (primary N) is 1. The van der Waals surface area contributed by atoms with Crippen LogP contribution < -0.4 is 15.6 Å². The van der Waals surface area contributed by atoms with Crippen LogP contribution in [0.3, 0.4) is 0 Å². The molecule has 0 spiro atoms. The molecule has 2 aromatic carbocycles. The predicted molar refractivity (Wildman–Crippen MR) is 110 cm³/mol. The number of carbonyl (C=O) groups is 1. The van der Waals surface area contributed by atoms with Gasteiger partial charge >= 0.3 is 8.25 Å². The molecule has 1 aromatic heterocycles. The molecule has 1 atom stereocenters. The summed E-state index contributed by atoms with van der Waals surface area (Å²) in [5.74, 6) is -0.0797. The third-order valence-corrected chi connectivity index (χ3v) is 4.94. The van der Waals surface area contributed by atoms with Crippen LogP contribution in [0.5, 0.6) is 5.75 Å². The minimum absolute atomic E-state index is 0.261. The lowest BCUT2D eigenvalue weighted by atomic mass is 10.1. The summed E-state index contributed by atoms with van der Waals surface area (Å²) in [5.41, 5.74) is 8.60. The van der Waals surface area contributed by atoms with Gasteiger partial charge < -0.3 is 20.5 Å². The molecule has 3 rings (SSSR count). The maximum Gasteiger partial charge on any atom is 0.365 e. The van der Waals surface area contributed by atoms with Crippen molar-refractivity contribution in [2.24, 2.45) is 0 Å². The number of benzene rings is 2.